The average molecular weight is 314 g/mol. The third-order valence-electron chi connectivity index (χ3n) is 2.57. The maximum Gasteiger partial charge on any atom is 0.387 e. The van der Waals surface area contributed by atoms with E-state index in [1.165, 1.54) is 0 Å². The Kier molecular flexibility index (Phi) is 4.62. The van der Waals surface area contributed by atoms with E-state index in [4.69, 9.17) is 5.73 Å². The van der Waals surface area contributed by atoms with Gasteiger partial charge in [0.15, 0.2) is 11.6 Å². The molecule has 0 radical (unpaired) electrons. The van der Waals surface area contributed by atoms with E-state index in [1.807, 2.05) is 26.0 Å². The van der Waals surface area contributed by atoms with Gasteiger partial charge in [-0.05, 0) is 37.6 Å². The number of benzene rings is 1. The average Bonchev–Trinajstić information content (AvgIpc) is 2.33. The van der Waals surface area contributed by atoms with Crippen molar-refractivity contribution in [2.45, 2.75) is 30.4 Å². The molecule has 2 N–H and O–H groups in total. The lowest BCUT2D eigenvalue weighted by atomic mass is 10.3. The standard InChI is InChI=1S/C14H13F3N2OS/c1-7-3-8(2)19-13(4-7)21-12-6-11(20-14(16)17)9(15)5-10(12)18/h3-6,14H,18H2,1-2H3. The molecule has 0 aliphatic heterocycles. The molecule has 2 rings (SSSR count). The summed E-state index contributed by atoms with van der Waals surface area (Å²) in [7, 11) is 0. The number of nitrogens with zero attached hydrogens (tertiary/aromatic N) is 1. The Morgan fingerprint density at radius 2 is 1.90 bits per heavy atom. The molecule has 21 heavy (non-hydrogen) atoms. The van der Waals surface area contributed by atoms with Crippen molar-refractivity contribution in [2.24, 2.45) is 0 Å². The van der Waals surface area contributed by atoms with Gasteiger partial charge in [0.1, 0.15) is 5.03 Å². The number of aromatic nitrogens is 1. The molecule has 1 aromatic heterocycles. The van der Waals surface area contributed by atoms with E-state index in [0.29, 0.717) is 9.92 Å². The van der Waals surface area contributed by atoms with E-state index in [0.717, 1.165) is 35.2 Å². The molecule has 2 aromatic rings. The van der Waals surface area contributed by atoms with Gasteiger partial charge in [0, 0.05) is 22.3 Å². The van der Waals surface area contributed by atoms with Crippen molar-refractivity contribution in [2.75, 3.05) is 5.73 Å². The summed E-state index contributed by atoms with van der Waals surface area (Å²) < 4.78 is 42.1. The fourth-order valence-electron chi connectivity index (χ4n) is 1.79. The number of aryl methyl sites for hydroxylation is 2. The smallest absolute Gasteiger partial charge is 0.387 e. The maximum atomic E-state index is 13.5. The Morgan fingerprint density at radius 1 is 1.19 bits per heavy atom. The summed E-state index contributed by atoms with van der Waals surface area (Å²) in [5, 5.41) is 0.647. The highest BCUT2D eigenvalue weighted by atomic mass is 32.2. The van der Waals surface area contributed by atoms with Gasteiger partial charge in [0.2, 0.25) is 0 Å². The largest absolute Gasteiger partial charge is 0.432 e. The van der Waals surface area contributed by atoms with Crippen LogP contribution >= 0.6 is 11.8 Å². The first kappa shape index (κ1) is 15.5. The molecule has 0 amide bonds. The van der Waals surface area contributed by atoms with Crippen LogP contribution in [0.5, 0.6) is 5.75 Å². The summed E-state index contributed by atoms with van der Waals surface area (Å²) >= 11 is 1.16. The molecular weight excluding hydrogens is 301 g/mol. The molecule has 112 valence electrons. The molecule has 0 unspecified atom stereocenters. The zero-order valence-electron chi connectivity index (χ0n) is 11.4. The summed E-state index contributed by atoms with van der Waals surface area (Å²) in [5.74, 6) is -1.46. The maximum absolute atomic E-state index is 13.5. The fourth-order valence-corrected chi connectivity index (χ4v) is 2.80. The van der Waals surface area contributed by atoms with Crippen LogP contribution in [0.4, 0.5) is 18.9 Å². The minimum Gasteiger partial charge on any atom is -0.432 e. The van der Waals surface area contributed by atoms with E-state index < -0.39 is 18.2 Å². The highest BCUT2D eigenvalue weighted by Gasteiger charge is 2.14. The van der Waals surface area contributed by atoms with Crippen molar-refractivity contribution in [3.63, 3.8) is 0 Å². The second-order valence-corrected chi connectivity index (χ2v) is 5.49. The Morgan fingerprint density at radius 3 is 2.52 bits per heavy atom. The van der Waals surface area contributed by atoms with Gasteiger partial charge >= 0.3 is 6.61 Å². The van der Waals surface area contributed by atoms with Gasteiger partial charge in [0.25, 0.3) is 0 Å². The van der Waals surface area contributed by atoms with Crippen LogP contribution in [-0.4, -0.2) is 11.6 Å². The third-order valence-corrected chi connectivity index (χ3v) is 3.56. The van der Waals surface area contributed by atoms with Crippen molar-refractivity contribution in [1.29, 1.82) is 0 Å². The first-order valence-corrected chi connectivity index (χ1v) is 6.84. The van der Waals surface area contributed by atoms with Crippen LogP contribution in [0.15, 0.2) is 34.2 Å². The predicted octanol–water partition coefficient (Wildman–Crippen LogP) is 4.17. The molecule has 3 nitrogen and oxygen atoms in total. The van der Waals surface area contributed by atoms with E-state index in [2.05, 4.69) is 9.72 Å². The number of ether oxygens (including phenoxy) is 1. The lowest BCUT2D eigenvalue weighted by molar-refractivity contribution is -0.0523. The quantitative estimate of drug-likeness (QED) is 0.860. The van der Waals surface area contributed by atoms with Crippen LogP contribution < -0.4 is 10.5 Å². The Balaban J connectivity index is 2.34. The van der Waals surface area contributed by atoms with Gasteiger partial charge in [-0.25, -0.2) is 9.37 Å². The van der Waals surface area contributed by atoms with Crippen LogP contribution in [0.1, 0.15) is 11.3 Å². The second kappa shape index (κ2) is 6.26. The zero-order chi connectivity index (χ0) is 15.6. The predicted molar refractivity (Wildman–Crippen MR) is 75.3 cm³/mol. The van der Waals surface area contributed by atoms with Crippen molar-refractivity contribution >= 4 is 17.4 Å². The van der Waals surface area contributed by atoms with Crippen LogP contribution in [0, 0.1) is 19.7 Å². The molecule has 1 aromatic carbocycles. The van der Waals surface area contributed by atoms with E-state index in [-0.39, 0.29) is 5.69 Å². The minimum atomic E-state index is -3.10. The number of rotatable bonds is 4. The van der Waals surface area contributed by atoms with E-state index >= 15 is 0 Å². The summed E-state index contributed by atoms with van der Waals surface area (Å²) in [4.78, 5) is 4.72. The Hall–Kier alpha value is -1.89. The fraction of sp³-hybridized carbons (Fsp3) is 0.214. The number of anilines is 1. The Labute approximate surface area is 124 Å². The number of hydrogen-bond acceptors (Lipinski definition) is 4. The van der Waals surface area contributed by atoms with Gasteiger partial charge in [-0.3, -0.25) is 0 Å². The SMILES string of the molecule is Cc1cc(C)nc(Sc2cc(OC(F)F)c(F)cc2N)c1. The molecule has 0 aliphatic carbocycles. The summed E-state index contributed by atoms with van der Waals surface area (Å²) in [5.41, 5.74) is 7.68. The van der Waals surface area contributed by atoms with Gasteiger partial charge in [-0.15, -0.1) is 0 Å². The number of nitrogen functional groups attached to an aromatic ring is 1. The molecule has 0 spiro atoms. The second-order valence-electron chi connectivity index (χ2n) is 4.43. The van der Waals surface area contributed by atoms with Crippen LogP contribution in [0.3, 0.4) is 0 Å². The van der Waals surface area contributed by atoms with E-state index in [9.17, 15) is 13.2 Å². The van der Waals surface area contributed by atoms with Crippen LogP contribution in [0.2, 0.25) is 0 Å². The van der Waals surface area contributed by atoms with E-state index in [1.54, 1.807) is 0 Å². The summed E-state index contributed by atoms with van der Waals surface area (Å²) in [6, 6.07) is 5.85. The number of pyridine rings is 1. The third kappa shape index (κ3) is 4.04. The van der Waals surface area contributed by atoms with Crippen molar-refractivity contribution in [3.05, 3.63) is 41.3 Å². The zero-order valence-corrected chi connectivity index (χ0v) is 12.2. The van der Waals surface area contributed by atoms with Crippen molar-refractivity contribution in [3.8, 4) is 5.75 Å². The van der Waals surface area contributed by atoms with Crippen LogP contribution in [-0.2, 0) is 0 Å². The normalized spacial score (nSPS) is 11.0. The molecule has 0 fully saturated rings. The number of nitrogens with two attached hydrogens (primary N) is 1. The minimum absolute atomic E-state index is 0.139. The molecular formula is C14H13F3N2OS. The molecule has 1 heterocycles. The molecule has 0 atom stereocenters. The molecule has 0 saturated carbocycles. The lowest BCUT2D eigenvalue weighted by Crippen LogP contribution is -2.04. The highest BCUT2D eigenvalue weighted by molar-refractivity contribution is 7.99. The molecule has 0 saturated heterocycles. The number of alkyl halides is 2. The first-order chi connectivity index (χ1) is 9.85. The molecule has 7 heteroatoms. The van der Waals surface area contributed by atoms with Gasteiger partial charge in [-0.2, -0.15) is 8.78 Å². The van der Waals surface area contributed by atoms with Gasteiger partial charge in [-0.1, -0.05) is 11.8 Å². The van der Waals surface area contributed by atoms with Crippen molar-refractivity contribution in [1.82, 2.24) is 4.98 Å². The summed E-state index contributed by atoms with van der Waals surface area (Å²) in [6.07, 6.45) is 0. The summed E-state index contributed by atoms with van der Waals surface area (Å²) in [6.45, 7) is 0.662. The molecule has 0 aliphatic rings. The first-order valence-electron chi connectivity index (χ1n) is 6.02. The topological polar surface area (TPSA) is 48.1 Å². The van der Waals surface area contributed by atoms with Gasteiger partial charge in [0.05, 0.1) is 0 Å². The number of hydrogen-bond donors (Lipinski definition) is 1. The van der Waals surface area contributed by atoms with Crippen molar-refractivity contribution < 1.29 is 17.9 Å². The Bertz CT molecular complexity index is 645. The van der Waals surface area contributed by atoms with Crippen LogP contribution in [0.25, 0.3) is 0 Å². The molecule has 0 bridgehead atoms. The number of halogens is 3. The lowest BCUT2D eigenvalue weighted by Gasteiger charge is -2.11. The highest BCUT2D eigenvalue weighted by Crippen LogP contribution is 2.36. The van der Waals surface area contributed by atoms with Gasteiger partial charge < -0.3 is 10.5 Å². The monoisotopic (exact) mass is 314 g/mol.